The zero-order valence-corrected chi connectivity index (χ0v) is 10.9. The van der Waals surface area contributed by atoms with Gasteiger partial charge in [-0.1, -0.05) is 53.7 Å². The Morgan fingerprint density at radius 1 is 0.900 bits per heavy atom. The van der Waals surface area contributed by atoms with Crippen LogP contribution >= 0.6 is 0 Å². The third-order valence-electron chi connectivity index (χ3n) is 3.81. The molecule has 3 aromatic rings. The van der Waals surface area contributed by atoms with Crippen LogP contribution in [0.25, 0.3) is 11.1 Å². The Balaban J connectivity index is 1.72. The fourth-order valence-corrected chi connectivity index (χ4v) is 2.91. The summed E-state index contributed by atoms with van der Waals surface area (Å²) in [5, 5.41) is 7.53. The summed E-state index contributed by atoms with van der Waals surface area (Å²) in [5.74, 6) is 0. The molecule has 0 aliphatic heterocycles. The van der Waals surface area contributed by atoms with Crippen molar-refractivity contribution in [3.63, 3.8) is 0 Å². The van der Waals surface area contributed by atoms with E-state index in [0.29, 0.717) is 6.54 Å². The molecule has 0 atom stereocenters. The number of benzene rings is 2. The van der Waals surface area contributed by atoms with E-state index in [4.69, 9.17) is 4.52 Å². The molecule has 1 aliphatic carbocycles. The molecule has 2 aromatic carbocycles. The van der Waals surface area contributed by atoms with Gasteiger partial charge in [-0.3, -0.25) is 0 Å². The third kappa shape index (κ3) is 1.75. The summed E-state index contributed by atoms with van der Waals surface area (Å²) in [4.78, 5) is 0. The van der Waals surface area contributed by atoms with Gasteiger partial charge in [0.25, 0.3) is 0 Å². The maximum atomic E-state index is 4.88. The SMILES string of the molecule is c1ccc2c(c1)-c1ccccc1C2NCc1ccon1. The highest BCUT2D eigenvalue weighted by Crippen LogP contribution is 2.42. The lowest BCUT2D eigenvalue weighted by molar-refractivity contribution is 0.407. The van der Waals surface area contributed by atoms with E-state index in [0.717, 1.165) is 5.69 Å². The van der Waals surface area contributed by atoms with Crippen molar-refractivity contribution >= 4 is 0 Å². The van der Waals surface area contributed by atoms with Crippen LogP contribution in [-0.4, -0.2) is 5.16 Å². The second-order valence-corrected chi connectivity index (χ2v) is 4.98. The predicted molar refractivity (Wildman–Crippen MR) is 77.1 cm³/mol. The van der Waals surface area contributed by atoms with E-state index < -0.39 is 0 Å². The van der Waals surface area contributed by atoms with Crippen molar-refractivity contribution in [3.8, 4) is 11.1 Å². The molecule has 0 fully saturated rings. The van der Waals surface area contributed by atoms with Crippen LogP contribution in [0.5, 0.6) is 0 Å². The van der Waals surface area contributed by atoms with Crippen LogP contribution in [0.3, 0.4) is 0 Å². The highest BCUT2D eigenvalue weighted by Gasteiger charge is 2.27. The van der Waals surface area contributed by atoms with E-state index in [1.54, 1.807) is 6.26 Å². The number of rotatable bonds is 3. The van der Waals surface area contributed by atoms with Crippen LogP contribution in [0.4, 0.5) is 0 Å². The second-order valence-electron chi connectivity index (χ2n) is 4.98. The largest absolute Gasteiger partial charge is 0.364 e. The minimum atomic E-state index is 0.221. The van der Waals surface area contributed by atoms with Gasteiger partial charge >= 0.3 is 0 Å². The maximum absolute atomic E-state index is 4.88. The maximum Gasteiger partial charge on any atom is 0.124 e. The first kappa shape index (κ1) is 11.4. The summed E-state index contributed by atoms with van der Waals surface area (Å²) in [6.07, 6.45) is 1.60. The summed E-state index contributed by atoms with van der Waals surface area (Å²) < 4.78 is 4.88. The molecule has 0 bridgehead atoms. The molecule has 98 valence electrons. The molecular weight excluding hydrogens is 248 g/mol. The molecule has 0 radical (unpaired) electrons. The van der Waals surface area contributed by atoms with Crippen molar-refractivity contribution < 1.29 is 4.52 Å². The monoisotopic (exact) mass is 262 g/mol. The topological polar surface area (TPSA) is 38.1 Å². The number of nitrogens with zero attached hydrogens (tertiary/aromatic N) is 1. The average Bonchev–Trinajstić information content (AvgIpc) is 3.11. The number of hydrogen-bond acceptors (Lipinski definition) is 3. The summed E-state index contributed by atoms with van der Waals surface area (Å²) in [6.45, 7) is 0.698. The molecule has 0 spiro atoms. The van der Waals surface area contributed by atoms with Crippen molar-refractivity contribution in [2.24, 2.45) is 0 Å². The summed E-state index contributed by atoms with van der Waals surface area (Å²) in [6, 6.07) is 19.2. The number of nitrogens with one attached hydrogen (secondary N) is 1. The smallest absolute Gasteiger partial charge is 0.124 e. The highest BCUT2D eigenvalue weighted by molar-refractivity contribution is 5.78. The third-order valence-corrected chi connectivity index (χ3v) is 3.81. The summed E-state index contributed by atoms with van der Waals surface area (Å²) >= 11 is 0. The Bertz CT molecular complexity index is 689. The van der Waals surface area contributed by atoms with Crippen LogP contribution in [0, 0.1) is 0 Å². The molecule has 20 heavy (non-hydrogen) atoms. The molecule has 0 saturated carbocycles. The Kier molecular flexibility index (Phi) is 2.64. The van der Waals surface area contributed by atoms with E-state index in [1.807, 2.05) is 6.07 Å². The van der Waals surface area contributed by atoms with Crippen molar-refractivity contribution in [2.45, 2.75) is 12.6 Å². The zero-order valence-electron chi connectivity index (χ0n) is 10.9. The van der Waals surface area contributed by atoms with Crippen LogP contribution in [0.1, 0.15) is 22.9 Å². The Labute approximate surface area is 117 Å². The van der Waals surface area contributed by atoms with E-state index in [9.17, 15) is 0 Å². The Morgan fingerprint density at radius 3 is 2.15 bits per heavy atom. The number of aromatic nitrogens is 1. The fourth-order valence-electron chi connectivity index (χ4n) is 2.91. The molecule has 3 heteroatoms. The van der Waals surface area contributed by atoms with Crippen LogP contribution in [0.15, 0.2) is 65.4 Å². The van der Waals surface area contributed by atoms with Gasteiger partial charge in [0.15, 0.2) is 0 Å². The number of hydrogen-bond donors (Lipinski definition) is 1. The van der Waals surface area contributed by atoms with Crippen molar-refractivity contribution in [3.05, 3.63) is 77.7 Å². The molecule has 1 aromatic heterocycles. The molecule has 1 N–H and O–H groups in total. The molecule has 0 unspecified atom stereocenters. The summed E-state index contributed by atoms with van der Waals surface area (Å²) in [5.41, 5.74) is 6.22. The van der Waals surface area contributed by atoms with E-state index in [1.165, 1.54) is 22.3 Å². The average molecular weight is 262 g/mol. The standard InChI is InChI=1S/C17H14N2O/c1-3-7-15-13(5-1)14-6-2-4-8-16(14)17(15)18-11-12-9-10-20-19-12/h1-10,17-18H,11H2. The van der Waals surface area contributed by atoms with Gasteiger partial charge in [-0.05, 0) is 22.3 Å². The molecule has 1 aliphatic rings. The van der Waals surface area contributed by atoms with E-state index in [-0.39, 0.29) is 6.04 Å². The van der Waals surface area contributed by atoms with E-state index >= 15 is 0 Å². The van der Waals surface area contributed by atoms with Crippen LogP contribution < -0.4 is 5.32 Å². The van der Waals surface area contributed by atoms with E-state index in [2.05, 4.69) is 59.0 Å². The van der Waals surface area contributed by atoms with Gasteiger partial charge < -0.3 is 9.84 Å². The van der Waals surface area contributed by atoms with Gasteiger partial charge in [0.05, 0.1) is 11.7 Å². The number of fused-ring (bicyclic) bond motifs is 3. The van der Waals surface area contributed by atoms with Crippen LogP contribution in [-0.2, 0) is 6.54 Å². The predicted octanol–water partition coefficient (Wildman–Crippen LogP) is 3.53. The normalized spacial score (nSPS) is 13.2. The quantitative estimate of drug-likeness (QED) is 0.784. The van der Waals surface area contributed by atoms with Crippen molar-refractivity contribution in [1.29, 1.82) is 0 Å². The van der Waals surface area contributed by atoms with Gasteiger partial charge in [0.1, 0.15) is 6.26 Å². The summed E-state index contributed by atoms with van der Waals surface area (Å²) in [7, 11) is 0. The minimum Gasteiger partial charge on any atom is -0.364 e. The minimum absolute atomic E-state index is 0.221. The lowest BCUT2D eigenvalue weighted by Gasteiger charge is -2.14. The second kappa shape index (κ2) is 4.62. The highest BCUT2D eigenvalue weighted by atomic mass is 16.5. The first-order chi connectivity index (χ1) is 9.93. The Hall–Kier alpha value is -2.39. The lowest BCUT2D eigenvalue weighted by atomic mass is 10.1. The van der Waals surface area contributed by atoms with Gasteiger partial charge in [0, 0.05) is 12.6 Å². The fraction of sp³-hybridized carbons (Fsp3) is 0.118. The molecule has 1 heterocycles. The van der Waals surface area contributed by atoms with Gasteiger partial charge in [-0.2, -0.15) is 0 Å². The van der Waals surface area contributed by atoms with Gasteiger partial charge in [-0.15, -0.1) is 0 Å². The Morgan fingerprint density at radius 2 is 1.55 bits per heavy atom. The molecule has 3 nitrogen and oxygen atoms in total. The zero-order chi connectivity index (χ0) is 13.4. The lowest BCUT2D eigenvalue weighted by Crippen LogP contribution is -2.20. The first-order valence-corrected chi connectivity index (χ1v) is 6.74. The molecule has 0 amide bonds. The van der Waals surface area contributed by atoms with Crippen LogP contribution in [0.2, 0.25) is 0 Å². The van der Waals surface area contributed by atoms with Crippen molar-refractivity contribution in [2.75, 3.05) is 0 Å². The van der Waals surface area contributed by atoms with Crippen molar-refractivity contribution in [1.82, 2.24) is 10.5 Å². The van der Waals surface area contributed by atoms with Gasteiger partial charge in [-0.25, -0.2) is 0 Å². The molecule has 0 saturated heterocycles. The van der Waals surface area contributed by atoms with Gasteiger partial charge in [0.2, 0.25) is 0 Å². The first-order valence-electron chi connectivity index (χ1n) is 6.74. The molecule has 4 rings (SSSR count). The molecular formula is C17H14N2O.